The lowest BCUT2D eigenvalue weighted by Gasteiger charge is -2.15. The molecule has 1 heterocycles. The predicted octanol–water partition coefficient (Wildman–Crippen LogP) is 3.21. The van der Waals surface area contributed by atoms with E-state index in [1.807, 2.05) is 37.3 Å². The summed E-state index contributed by atoms with van der Waals surface area (Å²) in [5, 5.41) is 10.7. The molecule has 7 heteroatoms. The summed E-state index contributed by atoms with van der Waals surface area (Å²) >= 11 is 6.06. The van der Waals surface area contributed by atoms with E-state index in [0.29, 0.717) is 16.4 Å². The molecule has 1 aromatic heterocycles. The van der Waals surface area contributed by atoms with E-state index in [4.69, 9.17) is 11.6 Å². The van der Waals surface area contributed by atoms with Gasteiger partial charge in [0, 0.05) is 11.1 Å². The van der Waals surface area contributed by atoms with Crippen LogP contribution in [0.3, 0.4) is 0 Å². The zero-order chi connectivity index (χ0) is 17.6. The third-order valence-corrected chi connectivity index (χ3v) is 4.00. The van der Waals surface area contributed by atoms with Crippen molar-refractivity contribution in [2.45, 2.75) is 13.0 Å². The van der Waals surface area contributed by atoms with Crippen LogP contribution >= 0.6 is 11.6 Å². The topological polar surface area (TPSA) is 71.8 Å². The van der Waals surface area contributed by atoms with Crippen molar-refractivity contribution in [3.05, 3.63) is 71.8 Å². The first-order valence-electron chi connectivity index (χ1n) is 7.86. The molecule has 0 saturated heterocycles. The highest BCUT2D eigenvalue weighted by atomic mass is 35.5. The fourth-order valence-electron chi connectivity index (χ4n) is 2.44. The van der Waals surface area contributed by atoms with Crippen LogP contribution in [0.15, 0.2) is 61.2 Å². The lowest BCUT2D eigenvalue weighted by molar-refractivity contribution is -0.115. The van der Waals surface area contributed by atoms with Crippen molar-refractivity contribution in [2.75, 3.05) is 11.9 Å². The Hall–Kier alpha value is -2.70. The van der Waals surface area contributed by atoms with Gasteiger partial charge >= 0.3 is 0 Å². The Balaban J connectivity index is 1.66. The van der Waals surface area contributed by atoms with Crippen molar-refractivity contribution < 1.29 is 4.79 Å². The molecule has 3 aromatic rings. The molecule has 2 N–H and O–H groups in total. The molecular formula is C18H18ClN5O. The van der Waals surface area contributed by atoms with E-state index in [1.165, 1.54) is 6.33 Å². The number of nitrogens with zero attached hydrogens (tertiary/aromatic N) is 3. The second kappa shape index (κ2) is 7.92. The number of benzene rings is 2. The number of rotatable bonds is 6. The van der Waals surface area contributed by atoms with Crippen LogP contribution in [0.4, 0.5) is 5.69 Å². The van der Waals surface area contributed by atoms with Crippen molar-refractivity contribution in [3.63, 3.8) is 0 Å². The molecule has 0 aliphatic rings. The van der Waals surface area contributed by atoms with Crippen LogP contribution in [0.2, 0.25) is 5.02 Å². The summed E-state index contributed by atoms with van der Waals surface area (Å²) in [7, 11) is 0. The van der Waals surface area contributed by atoms with Gasteiger partial charge in [0.2, 0.25) is 5.91 Å². The maximum absolute atomic E-state index is 12.3. The molecule has 0 radical (unpaired) electrons. The molecule has 6 nitrogen and oxygen atoms in total. The Labute approximate surface area is 150 Å². The summed E-state index contributed by atoms with van der Waals surface area (Å²) in [6.45, 7) is 2.20. The van der Waals surface area contributed by atoms with Gasteiger partial charge in [-0.15, -0.1) is 0 Å². The number of carbonyl (C=O) groups excluding carboxylic acids is 1. The largest absolute Gasteiger partial charge is 0.323 e. The molecule has 25 heavy (non-hydrogen) atoms. The van der Waals surface area contributed by atoms with E-state index in [2.05, 4.69) is 20.7 Å². The van der Waals surface area contributed by atoms with Gasteiger partial charge < -0.3 is 10.6 Å². The molecule has 0 spiro atoms. The molecular weight excluding hydrogens is 338 g/mol. The number of hydrogen-bond donors (Lipinski definition) is 2. The molecule has 0 aliphatic carbocycles. The lowest BCUT2D eigenvalue weighted by atomic mass is 10.1. The fourth-order valence-corrected chi connectivity index (χ4v) is 2.61. The number of halogens is 1. The molecule has 128 valence electrons. The van der Waals surface area contributed by atoms with Crippen molar-refractivity contribution in [1.29, 1.82) is 0 Å². The smallest absolute Gasteiger partial charge is 0.238 e. The molecule has 1 amide bonds. The molecule has 1 atom stereocenters. The number of anilines is 1. The number of nitrogens with one attached hydrogen (secondary N) is 2. The average molecular weight is 356 g/mol. The van der Waals surface area contributed by atoms with Gasteiger partial charge in [-0.25, -0.2) is 9.67 Å². The van der Waals surface area contributed by atoms with Gasteiger partial charge in [-0.05, 0) is 30.7 Å². The van der Waals surface area contributed by atoms with Gasteiger partial charge in [-0.1, -0.05) is 41.9 Å². The highest BCUT2D eigenvalue weighted by Gasteiger charge is 2.11. The van der Waals surface area contributed by atoms with E-state index >= 15 is 0 Å². The van der Waals surface area contributed by atoms with Crippen LogP contribution < -0.4 is 10.6 Å². The van der Waals surface area contributed by atoms with Crippen molar-refractivity contribution in [3.8, 4) is 5.69 Å². The van der Waals surface area contributed by atoms with Crippen LogP contribution in [0.5, 0.6) is 0 Å². The molecule has 0 bridgehead atoms. The first-order chi connectivity index (χ1) is 12.1. The molecule has 3 rings (SSSR count). The maximum Gasteiger partial charge on any atom is 0.238 e. The third-order valence-electron chi connectivity index (χ3n) is 3.77. The van der Waals surface area contributed by atoms with Gasteiger partial charge in [0.25, 0.3) is 0 Å². The molecule has 0 aliphatic heterocycles. The van der Waals surface area contributed by atoms with E-state index in [0.717, 1.165) is 5.56 Å². The minimum Gasteiger partial charge on any atom is -0.323 e. The number of carbonyl (C=O) groups is 1. The predicted molar refractivity (Wildman–Crippen MR) is 97.9 cm³/mol. The third kappa shape index (κ3) is 4.43. The van der Waals surface area contributed by atoms with Gasteiger partial charge in [-0.3, -0.25) is 4.79 Å². The minimum atomic E-state index is -0.161. The van der Waals surface area contributed by atoms with Crippen molar-refractivity contribution in [1.82, 2.24) is 20.1 Å². The Kier molecular flexibility index (Phi) is 5.42. The van der Waals surface area contributed by atoms with E-state index in [-0.39, 0.29) is 18.5 Å². The number of amides is 1. The van der Waals surface area contributed by atoms with E-state index in [1.54, 1.807) is 29.2 Å². The molecule has 2 aromatic carbocycles. The van der Waals surface area contributed by atoms with Gasteiger partial charge in [-0.2, -0.15) is 5.10 Å². The first kappa shape index (κ1) is 17.1. The van der Waals surface area contributed by atoms with E-state index in [9.17, 15) is 4.79 Å². The standard InChI is InChI=1S/C18H18ClN5O/c1-13(14-5-3-2-4-6-14)21-10-18(25)23-16-9-15(19)7-8-17(16)24-12-20-11-22-24/h2-9,11-13,21H,10H2,1H3,(H,23,25). The summed E-state index contributed by atoms with van der Waals surface area (Å²) in [6, 6.07) is 15.3. The Morgan fingerprint density at radius 2 is 2.04 bits per heavy atom. The van der Waals surface area contributed by atoms with Gasteiger partial charge in [0.15, 0.2) is 0 Å². The second-order valence-corrected chi connectivity index (χ2v) is 6.00. The zero-order valence-corrected chi connectivity index (χ0v) is 14.4. The summed E-state index contributed by atoms with van der Waals surface area (Å²) in [5.74, 6) is -0.161. The normalized spacial score (nSPS) is 11.9. The Morgan fingerprint density at radius 3 is 2.76 bits per heavy atom. The molecule has 1 unspecified atom stereocenters. The van der Waals surface area contributed by atoms with Crippen LogP contribution in [-0.2, 0) is 4.79 Å². The SMILES string of the molecule is CC(NCC(=O)Nc1cc(Cl)ccc1-n1cncn1)c1ccccc1. The van der Waals surface area contributed by atoms with Crippen molar-refractivity contribution in [2.24, 2.45) is 0 Å². The Bertz CT molecular complexity index is 836. The quantitative estimate of drug-likeness (QED) is 0.712. The van der Waals surface area contributed by atoms with Crippen molar-refractivity contribution >= 4 is 23.2 Å². The average Bonchev–Trinajstić information content (AvgIpc) is 3.15. The van der Waals surface area contributed by atoms with Gasteiger partial charge in [0.1, 0.15) is 12.7 Å². The lowest BCUT2D eigenvalue weighted by Crippen LogP contribution is -2.30. The molecule has 0 saturated carbocycles. The second-order valence-electron chi connectivity index (χ2n) is 5.56. The van der Waals surface area contributed by atoms with Gasteiger partial charge in [0.05, 0.1) is 17.9 Å². The van der Waals surface area contributed by atoms with Crippen LogP contribution in [0.25, 0.3) is 5.69 Å². The zero-order valence-electron chi connectivity index (χ0n) is 13.7. The number of hydrogen-bond acceptors (Lipinski definition) is 4. The summed E-state index contributed by atoms with van der Waals surface area (Å²) in [5.41, 5.74) is 2.41. The number of aromatic nitrogens is 3. The van der Waals surface area contributed by atoms with E-state index < -0.39 is 0 Å². The highest BCUT2D eigenvalue weighted by Crippen LogP contribution is 2.23. The first-order valence-corrected chi connectivity index (χ1v) is 8.24. The van der Waals surface area contributed by atoms with Crippen LogP contribution in [-0.4, -0.2) is 27.2 Å². The minimum absolute atomic E-state index is 0.0705. The van der Waals surface area contributed by atoms with Crippen LogP contribution in [0, 0.1) is 0 Å². The summed E-state index contributed by atoms with van der Waals surface area (Å²) in [6.07, 6.45) is 3.00. The summed E-state index contributed by atoms with van der Waals surface area (Å²) < 4.78 is 1.58. The fraction of sp³-hybridized carbons (Fsp3) is 0.167. The highest BCUT2D eigenvalue weighted by molar-refractivity contribution is 6.31. The monoisotopic (exact) mass is 355 g/mol. The molecule has 0 fully saturated rings. The summed E-state index contributed by atoms with van der Waals surface area (Å²) in [4.78, 5) is 16.2. The maximum atomic E-state index is 12.3. The Morgan fingerprint density at radius 1 is 1.24 bits per heavy atom. The van der Waals surface area contributed by atoms with Crippen LogP contribution in [0.1, 0.15) is 18.5 Å².